The molecule has 4 rings (SSSR count). The van der Waals surface area contributed by atoms with E-state index in [0.29, 0.717) is 18.7 Å². The van der Waals surface area contributed by atoms with Gasteiger partial charge in [0.15, 0.2) is 11.6 Å². The summed E-state index contributed by atoms with van der Waals surface area (Å²) in [6, 6.07) is 4.26. The number of ether oxygens (including phenoxy) is 1. The fraction of sp³-hybridized carbons (Fsp3) is 0.542. The number of halogens is 4. The smallest absolute Gasteiger partial charge is 0.377 e. The van der Waals surface area contributed by atoms with Gasteiger partial charge < -0.3 is 19.9 Å². The largest absolute Gasteiger partial charge is 0.416 e. The topological polar surface area (TPSA) is 70.6 Å². The molecule has 1 N–H and O–H groups in total. The molecule has 1 aliphatic carbocycles. The van der Waals surface area contributed by atoms with Crippen molar-refractivity contribution < 1.29 is 27.1 Å². The van der Waals surface area contributed by atoms with E-state index < -0.39 is 29.0 Å². The van der Waals surface area contributed by atoms with Gasteiger partial charge in [-0.25, -0.2) is 9.97 Å². The third kappa shape index (κ3) is 5.19. The molecule has 0 radical (unpaired) electrons. The molecule has 35 heavy (non-hydrogen) atoms. The van der Waals surface area contributed by atoms with Crippen LogP contribution in [0.25, 0.3) is 0 Å². The number of amides is 1. The van der Waals surface area contributed by atoms with Crippen LogP contribution in [-0.4, -0.2) is 61.2 Å². The Balaban J connectivity index is 1.57. The summed E-state index contributed by atoms with van der Waals surface area (Å²) in [5, 5.41) is 3.03. The number of morpholine rings is 1. The molecule has 2 aliphatic rings. The van der Waals surface area contributed by atoms with Crippen LogP contribution < -0.4 is 10.2 Å². The third-order valence-corrected chi connectivity index (χ3v) is 6.81. The summed E-state index contributed by atoms with van der Waals surface area (Å²) in [4.78, 5) is 24.3. The second kappa shape index (κ2) is 9.96. The molecule has 1 saturated carbocycles. The number of rotatable bonds is 6. The van der Waals surface area contributed by atoms with Crippen LogP contribution in [0.3, 0.4) is 0 Å². The first-order chi connectivity index (χ1) is 16.6. The van der Waals surface area contributed by atoms with Crippen LogP contribution in [0.4, 0.5) is 29.2 Å². The van der Waals surface area contributed by atoms with E-state index >= 15 is 4.39 Å². The first kappa shape index (κ1) is 25.2. The molecule has 2 aromatic rings. The molecule has 7 nitrogen and oxygen atoms in total. The van der Waals surface area contributed by atoms with Gasteiger partial charge >= 0.3 is 6.18 Å². The third-order valence-electron chi connectivity index (χ3n) is 6.81. The summed E-state index contributed by atoms with van der Waals surface area (Å²) in [7, 11) is 3.43. The highest BCUT2D eigenvalue weighted by molar-refractivity contribution is 5.83. The summed E-state index contributed by atoms with van der Waals surface area (Å²) < 4.78 is 60.1. The number of nitrogens with zero attached hydrogens (tertiary/aromatic N) is 4. The van der Waals surface area contributed by atoms with Crippen LogP contribution in [-0.2, 0) is 15.7 Å². The highest BCUT2D eigenvalue weighted by Gasteiger charge is 2.42. The van der Waals surface area contributed by atoms with E-state index in [-0.39, 0.29) is 30.7 Å². The molecule has 0 spiro atoms. The van der Waals surface area contributed by atoms with Gasteiger partial charge in [0.1, 0.15) is 6.33 Å². The lowest BCUT2D eigenvalue weighted by Crippen LogP contribution is -2.43. The molecule has 1 aliphatic heterocycles. The molecule has 1 amide bonds. The molecule has 2 fully saturated rings. The highest BCUT2D eigenvalue weighted by Crippen LogP contribution is 2.40. The van der Waals surface area contributed by atoms with E-state index in [1.807, 2.05) is 0 Å². The number of hydrogen-bond donors (Lipinski definition) is 1. The Hall–Kier alpha value is -2.95. The van der Waals surface area contributed by atoms with Crippen LogP contribution in [0.1, 0.15) is 42.9 Å². The average molecular weight is 496 g/mol. The van der Waals surface area contributed by atoms with E-state index in [4.69, 9.17) is 4.74 Å². The molecular weight excluding hydrogens is 466 g/mol. The maximum Gasteiger partial charge on any atom is 0.416 e. The van der Waals surface area contributed by atoms with Crippen molar-refractivity contribution in [2.75, 3.05) is 50.6 Å². The maximum absolute atomic E-state index is 15.6. The summed E-state index contributed by atoms with van der Waals surface area (Å²) >= 11 is 0. The number of alkyl halides is 3. The molecule has 190 valence electrons. The van der Waals surface area contributed by atoms with E-state index in [1.54, 1.807) is 23.9 Å². The molecule has 1 aromatic heterocycles. The Morgan fingerprint density at radius 3 is 2.51 bits per heavy atom. The SMILES string of the molecule is CN(C)C(=O)C1(CNc2ncnc(N3CCOCC3c3ccc(C(F)(F)F)cc3)c2F)CCCC1. The molecule has 11 heteroatoms. The second-order valence-corrected chi connectivity index (χ2v) is 9.30. The van der Waals surface area contributed by atoms with Gasteiger partial charge in [0.05, 0.1) is 30.2 Å². The number of aromatic nitrogens is 2. The predicted molar refractivity (Wildman–Crippen MR) is 122 cm³/mol. The van der Waals surface area contributed by atoms with Gasteiger partial charge in [-0.05, 0) is 30.5 Å². The zero-order valence-corrected chi connectivity index (χ0v) is 19.7. The number of anilines is 2. The Morgan fingerprint density at radius 2 is 1.89 bits per heavy atom. The average Bonchev–Trinajstić information content (AvgIpc) is 3.32. The monoisotopic (exact) mass is 495 g/mol. The fourth-order valence-electron chi connectivity index (χ4n) is 4.96. The van der Waals surface area contributed by atoms with Crippen molar-refractivity contribution in [2.24, 2.45) is 5.41 Å². The minimum atomic E-state index is -4.44. The van der Waals surface area contributed by atoms with Crippen molar-refractivity contribution in [2.45, 2.75) is 37.9 Å². The van der Waals surface area contributed by atoms with Crippen molar-refractivity contribution in [3.8, 4) is 0 Å². The van der Waals surface area contributed by atoms with Crippen molar-refractivity contribution in [1.82, 2.24) is 14.9 Å². The van der Waals surface area contributed by atoms with Crippen LogP contribution >= 0.6 is 0 Å². The van der Waals surface area contributed by atoms with Gasteiger partial charge in [0.25, 0.3) is 0 Å². The highest BCUT2D eigenvalue weighted by atomic mass is 19.4. The molecule has 1 aromatic carbocycles. The Labute approximate surface area is 201 Å². The van der Waals surface area contributed by atoms with Crippen LogP contribution in [0, 0.1) is 11.2 Å². The summed E-state index contributed by atoms with van der Waals surface area (Å²) in [5.41, 5.74) is -0.799. The molecule has 2 heterocycles. The Bertz CT molecular complexity index is 1040. The fourth-order valence-corrected chi connectivity index (χ4v) is 4.96. The van der Waals surface area contributed by atoms with Crippen molar-refractivity contribution in [1.29, 1.82) is 0 Å². The number of hydrogen-bond acceptors (Lipinski definition) is 6. The van der Waals surface area contributed by atoms with Crippen LogP contribution in [0.2, 0.25) is 0 Å². The molecular formula is C24H29F4N5O2. The zero-order valence-electron chi connectivity index (χ0n) is 19.7. The number of carbonyl (C=O) groups excluding carboxylic acids is 1. The molecule has 1 atom stereocenters. The zero-order chi connectivity index (χ0) is 25.2. The maximum atomic E-state index is 15.6. The van der Waals surface area contributed by atoms with Gasteiger partial charge in [0.2, 0.25) is 11.7 Å². The van der Waals surface area contributed by atoms with Gasteiger partial charge in [-0.15, -0.1) is 0 Å². The summed E-state index contributed by atoms with van der Waals surface area (Å²) in [5.74, 6) is -0.634. The van der Waals surface area contributed by atoms with Crippen molar-refractivity contribution in [3.05, 3.63) is 47.5 Å². The summed E-state index contributed by atoms with van der Waals surface area (Å²) in [6.07, 6.45) is 0.106. The van der Waals surface area contributed by atoms with E-state index in [1.165, 1.54) is 18.5 Å². The van der Waals surface area contributed by atoms with Gasteiger partial charge in [-0.3, -0.25) is 4.79 Å². The van der Waals surface area contributed by atoms with Gasteiger partial charge in [-0.2, -0.15) is 17.6 Å². The van der Waals surface area contributed by atoms with E-state index in [9.17, 15) is 18.0 Å². The Morgan fingerprint density at radius 1 is 1.20 bits per heavy atom. The number of benzene rings is 1. The van der Waals surface area contributed by atoms with Gasteiger partial charge in [-0.1, -0.05) is 25.0 Å². The summed E-state index contributed by atoms with van der Waals surface area (Å²) in [6.45, 7) is 1.06. The standard InChI is InChI=1S/C24H29F4N5O2/c1-32(2)22(34)23(9-3-4-10-23)14-29-20-19(25)21(31-15-30-20)33-11-12-35-13-18(33)16-5-7-17(8-6-16)24(26,27)28/h5-8,15,18H,3-4,9-14H2,1-2H3,(H,29,30,31). The second-order valence-electron chi connectivity index (χ2n) is 9.30. The first-order valence-electron chi connectivity index (χ1n) is 11.6. The quantitative estimate of drug-likeness (QED) is 0.604. The van der Waals surface area contributed by atoms with Crippen molar-refractivity contribution >= 4 is 17.5 Å². The van der Waals surface area contributed by atoms with Crippen molar-refractivity contribution in [3.63, 3.8) is 0 Å². The normalized spacial score (nSPS) is 20.1. The molecule has 0 bridgehead atoms. The predicted octanol–water partition coefficient (Wildman–Crippen LogP) is 4.27. The van der Waals surface area contributed by atoms with Crippen LogP contribution in [0.5, 0.6) is 0 Å². The lowest BCUT2D eigenvalue weighted by molar-refractivity contribution is -0.138. The Kier molecular flexibility index (Phi) is 7.16. The molecule has 1 saturated heterocycles. The van der Waals surface area contributed by atoms with E-state index in [0.717, 1.165) is 37.8 Å². The van der Waals surface area contributed by atoms with E-state index in [2.05, 4.69) is 15.3 Å². The number of nitrogens with one attached hydrogen (secondary N) is 1. The number of carbonyl (C=O) groups is 1. The lowest BCUT2D eigenvalue weighted by Gasteiger charge is -2.37. The minimum absolute atomic E-state index is 0.00716. The first-order valence-corrected chi connectivity index (χ1v) is 11.6. The minimum Gasteiger partial charge on any atom is -0.377 e. The van der Waals surface area contributed by atoms with Gasteiger partial charge in [0, 0.05) is 27.2 Å². The lowest BCUT2D eigenvalue weighted by atomic mass is 9.84. The van der Waals surface area contributed by atoms with Crippen LogP contribution in [0.15, 0.2) is 30.6 Å². The molecule has 1 unspecified atom stereocenters.